The molecular weight excluding hydrogens is 231 g/mol. The van der Waals surface area contributed by atoms with E-state index in [0.29, 0.717) is 0 Å². The molecule has 0 atom stereocenters. The van der Waals surface area contributed by atoms with Crippen molar-refractivity contribution in [3.8, 4) is 0 Å². The van der Waals surface area contributed by atoms with Crippen LogP contribution in [0.25, 0.3) is 0 Å². The van der Waals surface area contributed by atoms with Crippen molar-refractivity contribution in [1.82, 2.24) is 9.97 Å². The third-order valence-corrected chi connectivity index (χ3v) is 3.05. The van der Waals surface area contributed by atoms with Crippen LogP contribution in [0.3, 0.4) is 0 Å². The summed E-state index contributed by atoms with van der Waals surface area (Å²) in [7, 11) is 0. The molecule has 0 aliphatic rings. The predicted molar refractivity (Wildman–Crippen MR) is 55.9 cm³/mol. The second-order valence-electron chi connectivity index (χ2n) is 3.02. The molecule has 2 heterocycles. The zero-order valence-electron chi connectivity index (χ0n) is 8.24. The van der Waals surface area contributed by atoms with Crippen molar-refractivity contribution in [2.24, 2.45) is 0 Å². The van der Waals surface area contributed by atoms with E-state index in [2.05, 4.69) is 22.1 Å². The summed E-state index contributed by atoms with van der Waals surface area (Å²) in [4.78, 5) is 8.55. The van der Waals surface area contributed by atoms with Crippen LogP contribution in [0.2, 0.25) is 0 Å². The minimum absolute atomic E-state index is 0.963. The van der Waals surface area contributed by atoms with E-state index in [4.69, 9.17) is 0 Å². The van der Waals surface area contributed by atoms with Gasteiger partial charge in [-0.15, -0.1) is 0 Å². The Hall–Kier alpha value is -1.21. The molecule has 0 amide bonds. The fourth-order valence-corrected chi connectivity index (χ4v) is 2.17. The maximum atomic E-state index is 4.27. The Kier molecular flexibility index (Phi) is 3.87. The van der Waals surface area contributed by atoms with E-state index < -0.39 is 0 Å². The van der Waals surface area contributed by atoms with Crippen LogP contribution in [-0.2, 0) is 25.2 Å². The van der Waals surface area contributed by atoms with Gasteiger partial charge in [0, 0.05) is 0 Å². The number of rotatable bonds is 4. The average molecular weight is 243 g/mol. The number of pyridine rings is 2. The average Bonchev–Trinajstić information content (AvgIpc) is 2.32. The first-order valence-electron chi connectivity index (χ1n) is 4.70. The van der Waals surface area contributed by atoms with Gasteiger partial charge in [-0.2, -0.15) is 0 Å². The predicted octanol–water partition coefficient (Wildman–Crippen LogP) is 2.26. The van der Waals surface area contributed by atoms with E-state index in [0.717, 1.165) is 22.2 Å². The normalized spacial score (nSPS) is 10.4. The quantitative estimate of drug-likeness (QED) is 0.769. The van der Waals surface area contributed by atoms with Gasteiger partial charge in [-0.3, -0.25) is 0 Å². The zero-order valence-corrected chi connectivity index (χ0v) is 9.23. The Morgan fingerprint density at radius 3 is 1.73 bits per heavy atom. The molecule has 0 unspecified atom stereocenters. The van der Waals surface area contributed by atoms with Crippen molar-refractivity contribution in [2.45, 2.75) is 10.8 Å². The second kappa shape index (κ2) is 5.62. The van der Waals surface area contributed by atoms with Gasteiger partial charge in [0.25, 0.3) is 0 Å². The molecule has 0 aliphatic carbocycles. The van der Waals surface area contributed by atoms with Crippen molar-refractivity contribution in [1.29, 1.82) is 0 Å². The Bertz CT molecular complexity index is 349. The summed E-state index contributed by atoms with van der Waals surface area (Å²) in [6.45, 7) is 0. The van der Waals surface area contributed by atoms with Crippen LogP contribution in [0, 0.1) is 0 Å². The fourth-order valence-electron chi connectivity index (χ4n) is 1.13. The topological polar surface area (TPSA) is 25.8 Å². The Morgan fingerprint density at radius 2 is 1.33 bits per heavy atom. The summed E-state index contributed by atoms with van der Waals surface area (Å²) in [6.07, 6.45) is 3.67. The number of nitrogens with zero attached hydrogens (tertiary/aromatic N) is 2. The molecule has 0 bridgehead atoms. The Labute approximate surface area is 95.6 Å². The van der Waals surface area contributed by atoms with Gasteiger partial charge in [-0.25, -0.2) is 0 Å². The van der Waals surface area contributed by atoms with Crippen LogP contribution in [0.4, 0.5) is 0 Å². The van der Waals surface area contributed by atoms with E-state index in [1.165, 1.54) is 0 Å². The van der Waals surface area contributed by atoms with Crippen LogP contribution >= 0.6 is 0 Å². The molecule has 2 nitrogen and oxygen atoms in total. The molecule has 15 heavy (non-hydrogen) atoms. The molecule has 2 aromatic heterocycles. The van der Waals surface area contributed by atoms with Gasteiger partial charge in [-0.05, 0) is 0 Å². The molecule has 0 aromatic carbocycles. The van der Waals surface area contributed by atoms with E-state index in [9.17, 15) is 0 Å². The molecule has 0 fully saturated rings. The van der Waals surface area contributed by atoms with E-state index >= 15 is 0 Å². The summed E-state index contributed by atoms with van der Waals surface area (Å²) in [5.41, 5.74) is 2.27. The summed E-state index contributed by atoms with van der Waals surface area (Å²) in [5.74, 6) is 0. The molecule has 2 rings (SSSR count). The molecule has 80 valence electrons. The Morgan fingerprint density at radius 1 is 0.800 bits per heavy atom. The van der Waals surface area contributed by atoms with Crippen molar-refractivity contribution in [2.75, 3.05) is 0 Å². The van der Waals surface area contributed by atoms with Gasteiger partial charge in [0.2, 0.25) is 0 Å². The van der Waals surface area contributed by atoms with Gasteiger partial charge in [-0.1, -0.05) is 0 Å². The van der Waals surface area contributed by atoms with Crippen LogP contribution in [-0.4, -0.2) is 9.97 Å². The van der Waals surface area contributed by atoms with E-state index in [-0.39, 0.29) is 0 Å². The van der Waals surface area contributed by atoms with Gasteiger partial charge in [0.15, 0.2) is 0 Å². The molecule has 0 saturated heterocycles. The van der Waals surface area contributed by atoms with Crippen LogP contribution in [0.15, 0.2) is 48.8 Å². The van der Waals surface area contributed by atoms with Crippen molar-refractivity contribution in [3.63, 3.8) is 0 Å². The fraction of sp³-hybridized carbons (Fsp3) is 0.167. The third kappa shape index (κ3) is 3.45. The van der Waals surface area contributed by atoms with E-state index in [1.807, 2.05) is 36.7 Å². The molecule has 2 aromatic rings. The SMILES string of the molecule is c1ccc([CH2][Ni][CH2]c2ccccn2)nc1. The maximum absolute atomic E-state index is 4.27. The molecule has 3 heteroatoms. The third-order valence-electron chi connectivity index (χ3n) is 1.84. The monoisotopic (exact) mass is 242 g/mol. The molecule has 0 spiro atoms. The molecular formula is C12H12N2Ni. The number of aromatic nitrogens is 2. The first-order valence-corrected chi connectivity index (χ1v) is 6.09. The summed E-state index contributed by atoms with van der Waals surface area (Å²) in [6, 6.07) is 12.0. The first kappa shape index (κ1) is 10.3. The standard InChI is InChI=1S/2C6H6N.Ni/c2*1-6-4-2-3-5-7-6;/h2*2-5H,1H2;. The second-order valence-corrected chi connectivity index (χ2v) is 4.22. The zero-order chi connectivity index (χ0) is 10.3. The summed E-state index contributed by atoms with van der Waals surface area (Å²) < 4.78 is 0. The minimum atomic E-state index is 0.963. The van der Waals surface area contributed by atoms with E-state index in [1.54, 1.807) is 14.4 Å². The molecule has 0 aliphatic heterocycles. The van der Waals surface area contributed by atoms with Crippen molar-refractivity contribution >= 4 is 0 Å². The summed E-state index contributed by atoms with van der Waals surface area (Å²) >= 11 is 1.65. The van der Waals surface area contributed by atoms with Gasteiger partial charge in [0.05, 0.1) is 0 Å². The van der Waals surface area contributed by atoms with Gasteiger partial charge < -0.3 is 0 Å². The van der Waals surface area contributed by atoms with Crippen LogP contribution in [0.5, 0.6) is 0 Å². The molecule has 0 N–H and O–H groups in total. The number of hydrogen-bond acceptors (Lipinski definition) is 2. The first-order chi connectivity index (χ1) is 7.45. The van der Waals surface area contributed by atoms with Crippen molar-refractivity contribution in [3.05, 3.63) is 60.2 Å². The molecule has 0 saturated carbocycles. The molecule has 0 radical (unpaired) electrons. The Balaban J connectivity index is 1.81. The van der Waals surface area contributed by atoms with Crippen LogP contribution < -0.4 is 0 Å². The van der Waals surface area contributed by atoms with Gasteiger partial charge >= 0.3 is 95.4 Å². The van der Waals surface area contributed by atoms with Crippen LogP contribution in [0.1, 0.15) is 11.4 Å². The summed E-state index contributed by atoms with van der Waals surface area (Å²) in [5, 5.41) is 1.93. The van der Waals surface area contributed by atoms with Crippen molar-refractivity contribution < 1.29 is 14.4 Å². The van der Waals surface area contributed by atoms with Gasteiger partial charge in [0.1, 0.15) is 0 Å². The number of hydrogen-bond donors (Lipinski definition) is 0.